The summed E-state index contributed by atoms with van der Waals surface area (Å²) in [7, 11) is 1.56. The summed E-state index contributed by atoms with van der Waals surface area (Å²) in [4.78, 5) is 0. The van der Waals surface area contributed by atoms with Gasteiger partial charge in [-0.1, -0.05) is 29.3 Å². The Kier molecular flexibility index (Phi) is 3.76. The van der Waals surface area contributed by atoms with E-state index in [1.807, 2.05) is 12.1 Å². The van der Waals surface area contributed by atoms with Crippen LogP contribution < -0.4 is 4.74 Å². The van der Waals surface area contributed by atoms with Gasteiger partial charge < -0.3 is 4.74 Å². The van der Waals surface area contributed by atoms with Gasteiger partial charge in [0.15, 0.2) is 0 Å². The average molecular weight is 278 g/mol. The maximum atomic E-state index is 8.98. The van der Waals surface area contributed by atoms with Crippen LogP contribution in [0.3, 0.4) is 0 Å². The lowest BCUT2D eigenvalue weighted by Gasteiger charge is -2.08. The molecule has 18 heavy (non-hydrogen) atoms. The minimum absolute atomic E-state index is 0.523. The third-order valence-corrected chi connectivity index (χ3v) is 3.06. The number of hydrogen-bond donors (Lipinski definition) is 0. The van der Waals surface area contributed by atoms with Crippen LogP contribution in [0.25, 0.3) is 11.1 Å². The summed E-state index contributed by atoms with van der Waals surface area (Å²) < 4.78 is 5.16. The minimum Gasteiger partial charge on any atom is -0.497 e. The number of benzene rings is 2. The van der Waals surface area contributed by atoms with Crippen LogP contribution in [0.4, 0.5) is 0 Å². The Hall–Kier alpha value is -1.69. The Morgan fingerprint density at radius 2 is 1.89 bits per heavy atom. The van der Waals surface area contributed by atoms with E-state index in [1.54, 1.807) is 31.4 Å². The van der Waals surface area contributed by atoms with Gasteiger partial charge in [-0.25, -0.2) is 0 Å². The maximum Gasteiger partial charge on any atom is 0.120 e. The Morgan fingerprint density at radius 1 is 1.11 bits per heavy atom. The molecule has 0 aliphatic heterocycles. The SMILES string of the molecule is COc1cc(C#N)cc(-c2ccc(Cl)cc2Cl)c1. The molecule has 0 fully saturated rings. The number of halogens is 2. The highest BCUT2D eigenvalue weighted by atomic mass is 35.5. The van der Waals surface area contributed by atoms with Crippen LogP contribution in [0.1, 0.15) is 5.56 Å². The summed E-state index contributed by atoms with van der Waals surface area (Å²) in [5, 5.41) is 10.1. The fraction of sp³-hybridized carbons (Fsp3) is 0.0714. The standard InChI is InChI=1S/C14H9Cl2NO/c1-18-12-5-9(8-17)4-10(6-12)13-3-2-11(15)7-14(13)16/h2-7H,1H3. The molecule has 0 atom stereocenters. The van der Waals surface area contributed by atoms with E-state index < -0.39 is 0 Å². The fourth-order valence-electron chi connectivity index (χ4n) is 1.66. The van der Waals surface area contributed by atoms with Crippen molar-refractivity contribution in [1.82, 2.24) is 0 Å². The second-order valence-corrected chi connectivity index (χ2v) is 4.53. The van der Waals surface area contributed by atoms with Crippen LogP contribution in [0.15, 0.2) is 36.4 Å². The normalized spacial score (nSPS) is 9.89. The molecule has 0 amide bonds. The van der Waals surface area contributed by atoms with E-state index in [4.69, 9.17) is 33.2 Å². The van der Waals surface area contributed by atoms with Gasteiger partial charge in [-0.05, 0) is 35.9 Å². The first-order valence-corrected chi connectivity index (χ1v) is 5.94. The van der Waals surface area contributed by atoms with Crippen molar-refractivity contribution in [2.24, 2.45) is 0 Å². The number of hydrogen-bond acceptors (Lipinski definition) is 2. The van der Waals surface area contributed by atoms with Gasteiger partial charge >= 0.3 is 0 Å². The van der Waals surface area contributed by atoms with Crippen molar-refractivity contribution in [1.29, 1.82) is 5.26 Å². The van der Waals surface area contributed by atoms with Gasteiger partial charge in [0.25, 0.3) is 0 Å². The molecule has 2 rings (SSSR count). The van der Waals surface area contributed by atoms with Gasteiger partial charge in [0.05, 0.1) is 18.7 Å². The summed E-state index contributed by atoms with van der Waals surface area (Å²) in [5.74, 6) is 0.620. The first kappa shape index (κ1) is 12.8. The zero-order valence-corrected chi connectivity index (χ0v) is 11.1. The molecule has 0 saturated carbocycles. The van der Waals surface area contributed by atoms with E-state index in [0.29, 0.717) is 21.4 Å². The molecule has 4 heteroatoms. The lowest BCUT2D eigenvalue weighted by Crippen LogP contribution is -1.87. The molecular formula is C14H9Cl2NO. The third-order valence-electron chi connectivity index (χ3n) is 2.51. The Balaban J connectivity index is 2.60. The van der Waals surface area contributed by atoms with Crippen LogP contribution >= 0.6 is 23.2 Å². The molecule has 0 aromatic heterocycles. The van der Waals surface area contributed by atoms with Gasteiger partial charge in [-0.2, -0.15) is 5.26 Å². The second kappa shape index (κ2) is 5.30. The molecule has 90 valence electrons. The quantitative estimate of drug-likeness (QED) is 0.807. The van der Waals surface area contributed by atoms with E-state index in [2.05, 4.69) is 6.07 Å². The molecule has 0 radical (unpaired) electrons. The minimum atomic E-state index is 0.523. The summed E-state index contributed by atoms with van der Waals surface area (Å²) in [6.07, 6.45) is 0. The number of rotatable bonds is 2. The van der Waals surface area contributed by atoms with Gasteiger partial charge in [-0.15, -0.1) is 0 Å². The molecule has 2 nitrogen and oxygen atoms in total. The Labute approximate surface area is 115 Å². The van der Waals surface area contributed by atoms with Gasteiger partial charge in [0, 0.05) is 15.6 Å². The largest absolute Gasteiger partial charge is 0.497 e. The summed E-state index contributed by atoms with van der Waals surface area (Å²) in [6, 6.07) is 12.6. The zero-order valence-electron chi connectivity index (χ0n) is 9.58. The lowest BCUT2D eigenvalue weighted by molar-refractivity contribution is 0.415. The second-order valence-electron chi connectivity index (χ2n) is 3.69. The molecule has 0 saturated heterocycles. The molecular weight excluding hydrogens is 269 g/mol. The molecule has 0 aliphatic carbocycles. The average Bonchev–Trinajstić information content (AvgIpc) is 2.38. The van der Waals surface area contributed by atoms with Gasteiger partial charge in [-0.3, -0.25) is 0 Å². The van der Waals surface area contributed by atoms with Crippen LogP contribution in [0.2, 0.25) is 10.0 Å². The van der Waals surface area contributed by atoms with Crippen molar-refractivity contribution in [2.75, 3.05) is 7.11 Å². The van der Waals surface area contributed by atoms with Crippen molar-refractivity contribution < 1.29 is 4.74 Å². The molecule has 2 aromatic rings. The molecule has 2 aromatic carbocycles. The summed E-state index contributed by atoms with van der Waals surface area (Å²) in [6.45, 7) is 0. The monoisotopic (exact) mass is 277 g/mol. The lowest BCUT2D eigenvalue weighted by atomic mass is 10.0. The van der Waals surface area contributed by atoms with E-state index in [0.717, 1.165) is 11.1 Å². The van der Waals surface area contributed by atoms with Crippen molar-refractivity contribution in [3.8, 4) is 22.9 Å². The van der Waals surface area contributed by atoms with Crippen LogP contribution in [-0.2, 0) is 0 Å². The van der Waals surface area contributed by atoms with Crippen LogP contribution in [-0.4, -0.2) is 7.11 Å². The predicted molar refractivity (Wildman–Crippen MR) is 73.2 cm³/mol. The third kappa shape index (κ3) is 2.59. The van der Waals surface area contributed by atoms with E-state index >= 15 is 0 Å². The van der Waals surface area contributed by atoms with Crippen molar-refractivity contribution in [3.05, 3.63) is 52.0 Å². The zero-order chi connectivity index (χ0) is 13.1. The smallest absolute Gasteiger partial charge is 0.120 e. The van der Waals surface area contributed by atoms with Gasteiger partial charge in [0.1, 0.15) is 5.75 Å². The number of nitrogens with zero attached hydrogens (tertiary/aromatic N) is 1. The number of ether oxygens (including phenoxy) is 1. The highest BCUT2D eigenvalue weighted by molar-refractivity contribution is 6.36. The van der Waals surface area contributed by atoms with E-state index in [-0.39, 0.29) is 0 Å². The summed E-state index contributed by atoms with van der Waals surface area (Å²) in [5.41, 5.74) is 2.17. The topological polar surface area (TPSA) is 33.0 Å². The molecule has 0 heterocycles. The molecule has 0 aliphatic rings. The van der Waals surface area contributed by atoms with Crippen molar-refractivity contribution >= 4 is 23.2 Å². The molecule has 0 N–H and O–H groups in total. The summed E-state index contributed by atoms with van der Waals surface area (Å²) >= 11 is 12.0. The van der Waals surface area contributed by atoms with Gasteiger partial charge in [0.2, 0.25) is 0 Å². The maximum absolute atomic E-state index is 8.98. The highest BCUT2D eigenvalue weighted by Gasteiger charge is 2.07. The van der Waals surface area contributed by atoms with E-state index in [9.17, 15) is 0 Å². The highest BCUT2D eigenvalue weighted by Crippen LogP contribution is 2.32. The van der Waals surface area contributed by atoms with E-state index in [1.165, 1.54) is 0 Å². The first-order chi connectivity index (χ1) is 8.63. The van der Waals surface area contributed by atoms with Crippen LogP contribution in [0, 0.1) is 11.3 Å². The molecule has 0 spiro atoms. The first-order valence-electron chi connectivity index (χ1n) is 5.18. The number of methoxy groups -OCH3 is 1. The number of nitriles is 1. The van der Waals surface area contributed by atoms with Crippen LogP contribution in [0.5, 0.6) is 5.75 Å². The molecule has 0 bridgehead atoms. The van der Waals surface area contributed by atoms with Crippen molar-refractivity contribution in [3.63, 3.8) is 0 Å². The fourth-order valence-corrected chi connectivity index (χ4v) is 2.18. The Morgan fingerprint density at radius 3 is 2.50 bits per heavy atom. The Bertz CT molecular complexity index is 632. The molecule has 0 unspecified atom stereocenters. The van der Waals surface area contributed by atoms with Crippen molar-refractivity contribution in [2.45, 2.75) is 0 Å². The predicted octanol–water partition coefficient (Wildman–Crippen LogP) is 4.54.